The lowest BCUT2D eigenvalue weighted by molar-refractivity contribution is -0.137. The fourth-order valence-electron chi connectivity index (χ4n) is 5.26. The Morgan fingerprint density at radius 1 is 1.17 bits per heavy atom. The number of nitrogens with one attached hydrogen (secondary N) is 1. The summed E-state index contributed by atoms with van der Waals surface area (Å²) in [5.74, 6) is 0.00157. The SMILES string of the molecule is CC.CCC.COC1CCCCC1N[C@@H]1CCC(C(=O)N2CCc3ncc(C(F)(F)F)cc3C2)C1. The van der Waals surface area contributed by atoms with Crippen molar-refractivity contribution in [2.75, 3.05) is 13.7 Å². The standard InChI is InChI=1S/C22H30F3N3O2.C3H8.C2H6/c1-30-20-5-3-2-4-19(20)27-17-7-6-14(11-17)21(29)28-9-8-18-15(13-28)10-16(12-26-18)22(23,24)25;1-3-2;1-2/h10,12,14,17,19-20,27H,2-9,11,13H2,1H3;3H2,1-2H3;1-2H3/t14?,17-,19?,20?;;/m1../s1. The zero-order valence-electron chi connectivity index (χ0n) is 22.1. The third kappa shape index (κ3) is 8.17. The minimum atomic E-state index is -4.42. The number of fused-ring (bicyclic) bond motifs is 1. The van der Waals surface area contributed by atoms with Gasteiger partial charge >= 0.3 is 6.18 Å². The minimum Gasteiger partial charge on any atom is -0.380 e. The first-order valence-electron chi connectivity index (χ1n) is 13.4. The summed E-state index contributed by atoms with van der Waals surface area (Å²) in [6.45, 7) is 8.99. The highest BCUT2D eigenvalue weighted by Gasteiger charge is 2.37. The van der Waals surface area contributed by atoms with Crippen molar-refractivity contribution >= 4 is 5.91 Å². The van der Waals surface area contributed by atoms with Crippen LogP contribution in [-0.4, -0.2) is 47.6 Å². The third-order valence-corrected chi connectivity index (χ3v) is 6.92. The predicted molar refractivity (Wildman–Crippen MR) is 133 cm³/mol. The second kappa shape index (κ2) is 14.2. The first-order valence-corrected chi connectivity index (χ1v) is 13.4. The van der Waals surface area contributed by atoms with E-state index in [0.717, 1.165) is 44.4 Å². The molecule has 0 bridgehead atoms. The summed E-state index contributed by atoms with van der Waals surface area (Å²) in [7, 11) is 1.76. The number of hydrogen-bond acceptors (Lipinski definition) is 4. The molecular weight excluding hydrogens is 455 g/mol. The molecule has 2 aliphatic carbocycles. The minimum absolute atomic E-state index is 0.0626. The second-order valence-electron chi connectivity index (χ2n) is 9.58. The number of carbonyl (C=O) groups excluding carboxylic acids is 1. The van der Waals surface area contributed by atoms with Gasteiger partial charge in [0, 0.05) is 56.5 Å². The van der Waals surface area contributed by atoms with Gasteiger partial charge in [0.15, 0.2) is 0 Å². The highest BCUT2D eigenvalue weighted by molar-refractivity contribution is 5.79. The molecule has 1 amide bonds. The van der Waals surface area contributed by atoms with E-state index in [9.17, 15) is 18.0 Å². The molecule has 4 rings (SSSR count). The maximum atomic E-state index is 13.1. The Morgan fingerprint density at radius 3 is 2.51 bits per heavy atom. The molecule has 1 aromatic heterocycles. The quantitative estimate of drug-likeness (QED) is 0.540. The van der Waals surface area contributed by atoms with E-state index in [-0.39, 0.29) is 24.5 Å². The number of methoxy groups -OCH3 is 1. The van der Waals surface area contributed by atoms with Crippen LogP contribution in [-0.2, 0) is 28.7 Å². The molecule has 1 N–H and O–H groups in total. The van der Waals surface area contributed by atoms with Crippen LogP contribution >= 0.6 is 0 Å². The molecule has 1 aromatic rings. The van der Waals surface area contributed by atoms with Crippen LogP contribution in [0.5, 0.6) is 0 Å². The fraction of sp³-hybridized carbons (Fsp3) is 0.778. The van der Waals surface area contributed by atoms with Crippen LogP contribution in [0.25, 0.3) is 0 Å². The van der Waals surface area contributed by atoms with E-state index in [1.54, 1.807) is 12.0 Å². The van der Waals surface area contributed by atoms with Gasteiger partial charge in [0.2, 0.25) is 5.91 Å². The van der Waals surface area contributed by atoms with Gasteiger partial charge in [-0.15, -0.1) is 0 Å². The van der Waals surface area contributed by atoms with E-state index in [2.05, 4.69) is 24.1 Å². The maximum absolute atomic E-state index is 13.1. The molecule has 0 aromatic carbocycles. The number of halogens is 3. The van der Waals surface area contributed by atoms with E-state index in [1.165, 1.54) is 19.3 Å². The Hall–Kier alpha value is -1.67. The van der Waals surface area contributed by atoms with E-state index in [0.29, 0.717) is 36.3 Å². The number of carbonyl (C=O) groups is 1. The molecule has 2 saturated carbocycles. The normalized spacial score (nSPS) is 26.1. The molecule has 200 valence electrons. The van der Waals surface area contributed by atoms with Crippen molar-refractivity contribution in [3.63, 3.8) is 0 Å². The Labute approximate surface area is 209 Å². The molecule has 0 radical (unpaired) electrons. The van der Waals surface area contributed by atoms with Crippen molar-refractivity contribution in [3.05, 3.63) is 29.1 Å². The molecule has 4 atom stereocenters. The van der Waals surface area contributed by atoms with Crippen molar-refractivity contribution in [1.82, 2.24) is 15.2 Å². The van der Waals surface area contributed by atoms with Gasteiger partial charge in [0.25, 0.3) is 0 Å². The summed E-state index contributed by atoms with van der Waals surface area (Å²) < 4.78 is 44.7. The number of alkyl halides is 3. The van der Waals surface area contributed by atoms with Crippen molar-refractivity contribution in [1.29, 1.82) is 0 Å². The van der Waals surface area contributed by atoms with Crippen LogP contribution in [0.4, 0.5) is 13.2 Å². The number of amides is 1. The summed E-state index contributed by atoms with van der Waals surface area (Å²) in [6.07, 6.45) is 5.61. The Bertz CT molecular complexity index is 787. The summed E-state index contributed by atoms with van der Waals surface area (Å²) in [5.41, 5.74) is 0.434. The Balaban J connectivity index is 0.000000803. The largest absolute Gasteiger partial charge is 0.417 e. The Morgan fingerprint density at radius 2 is 1.86 bits per heavy atom. The molecule has 1 aliphatic heterocycles. The topological polar surface area (TPSA) is 54.5 Å². The molecule has 0 saturated heterocycles. The lowest BCUT2D eigenvalue weighted by Gasteiger charge is -2.33. The van der Waals surface area contributed by atoms with Crippen molar-refractivity contribution in [2.45, 2.75) is 116 Å². The molecule has 3 unspecified atom stereocenters. The van der Waals surface area contributed by atoms with Crippen LogP contribution in [0.3, 0.4) is 0 Å². The highest BCUT2D eigenvalue weighted by atomic mass is 19.4. The van der Waals surface area contributed by atoms with Crippen LogP contribution in [0.2, 0.25) is 0 Å². The van der Waals surface area contributed by atoms with Crippen LogP contribution in [0.1, 0.15) is 95.9 Å². The molecule has 5 nitrogen and oxygen atoms in total. The average molecular weight is 500 g/mol. The molecule has 2 fully saturated rings. The molecule has 8 heteroatoms. The smallest absolute Gasteiger partial charge is 0.380 e. The number of rotatable bonds is 4. The van der Waals surface area contributed by atoms with Crippen molar-refractivity contribution < 1.29 is 22.7 Å². The van der Waals surface area contributed by atoms with E-state index in [1.807, 2.05) is 13.8 Å². The van der Waals surface area contributed by atoms with E-state index in [4.69, 9.17) is 4.74 Å². The number of nitrogens with zero attached hydrogens (tertiary/aromatic N) is 2. The van der Waals surface area contributed by atoms with Gasteiger partial charge in [0.05, 0.1) is 11.7 Å². The number of hydrogen-bond donors (Lipinski definition) is 1. The first-order chi connectivity index (χ1) is 16.8. The summed E-state index contributed by atoms with van der Waals surface area (Å²) in [6, 6.07) is 1.79. The number of ether oxygens (including phenoxy) is 1. The lowest BCUT2D eigenvalue weighted by atomic mass is 9.91. The van der Waals surface area contributed by atoms with Gasteiger partial charge in [-0.3, -0.25) is 9.78 Å². The molecule has 0 spiro atoms. The van der Waals surface area contributed by atoms with Crippen LogP contribution in [0.15, 0.2) is 12.3 Å². The van der Waals surface area contributed by atoms with Gasteiger partial charge < -0.3 is 15.0 Å². The van der Waals surface area contributed by atoms with Crippen LogP contribution in [0, 0.1) is 5.92 Å². The average Bonchev–Trinajstić information content (AvgIpc) is 3.33. The first kappa shape index (κ1) is 29.6. The molecule has 35 heavy (non-hydrogen) atoms. The number of pyridine rings is 1. The lowest BCUT2D eigenvalue weighted by Crippen LogP contribution is -2.47. The second-order valence-corrected chi connectivity index (χ2v) is 9.58. The zero-order chi connectivity index (χ0) is 26.0. The van der Waals surface area contributed by atoms with Gasteiger partial charge in [0.1, 0.15) is 0 Å². The zero-order valence-corrected chi connectivity index (χ0v) is 22.1. The molecule has 3 aliphatic rings. The third-order valence-electron chi connectivity index (χ3n) is 6.92. The summed E-state index contributed by atoms with van der Waals surface area (Å²) in [4.78, 5) is 18.8. The van der Waals surface area contributed by atoms with Gasteiger partial charge in [-0.2, -0.15) is 13.2 Å². The molecular formula is C27H44F3N3O2. The van der Waals surface area contributed by atoms with Gasteiger partial charge in [-0.25, -0.2) is 0 Å². The number of aromatic nitrogens is 1. The molecule has 2 heterocycles. The Kier molecular flexibility index (Phi) is 12.0. The van der Waals surface area contributed by atoms with Gasteiger partial charge in [-0.1, -0.05) is 47.0 Å². The fourth-order valence-corrected chi connectivity index (χ4v) is 5.26. The van der Waals surface area contributed by atoms with Crippen molar-refractivity contribution in [2.24, 2.45) is 5.92 Å². The summed E-state index contributed by atoms with van der Waals surface area (Å²) in [5, 5.41) is 3.72. The monoisotopic (exact) mass is 499 g/mol. The highest BCUT2D eigenvalue weighted by Crippen LogP contribution is 2.33. The van der Waals surface area contributed by atoms with E-state index >= 15 is 0 Å². The van der Waals surface area contributed by atoms with Gasteiger partial charge in [-0.05, 0) is 43.7 Å². The van der Waals surface area contributed by atoms with E-state index < -0.39 is 11.7 Å². The van der Waals surface area contributed by atoms with Crippen LogP contribution < -0.4 is 5.32 Å². The van der Waals surface area contributed by atoms with Crippen molar-refractivity contribution in [3.8, 4) is 0 Å². The predicted octanol–water partition coefficient (Wildman–Crippen LogP) is 6.14. The summed E-state index contributed by atoms with van der Waals surface area (Å²) >= 11 is 0. The maximum Gasteiger partial charge on any atom is 0.417 e.